The molecule has 0 aromatic rings. The largest absolute Gasteiger partial charge is 0.478 e. The third-order valence-corrected chi connectivity index (χ3v) is 0.651. The van der Waals surface area contributed by atoms with Gasteiger partial charge in [0.05, 0.1) is 6.08 Å². The molecular formula is C8H8O2. The van der Waals surface area contributed by atoms with E-state index >= 15 is 0 Å². The molecule has 0 spiro atoms. The molecule has 0 atom stereocenters. The Morgan fingerprint density at radius 2 is 2.20 bits per heavy atom. The molecule has 0 aromatic heterocycles. The fraction of sp³-hybridized carbons (Fsp3) is 0.125. The van der Waals surface area contributed by atoms with Gasteiger partial charge in [-0.05, 0) is 13.0 Å². The lowest BCUT2D eigenvalue weighted by atomic mass is 10.5. The van der Waals surface area contributed by atoms with Gasteiger partial charge in [0, 0.05) is 0 Å². The van der Waals surface area contributed by atoms with Crippen LogP contribution in [-0.4, -0.2) is 11.1 Å². The van der Waals surface area contributed by atoms with Gasteiger partial charge in [-0.3, -0.25) is 0 Å². The number of carbonyl (C=O) groups is 1. The van der Waals surface area contributed by atoms with E-state index in [2.05, 4.69) is 11.5 Å². The van der Waals surface area contributed by atoms with Crippen molar-refractivity contribution in [1.29, 1.82) is 0 Å². The molecule has 0 heterocycles. The van der Waals surface area contributed by atoms with Gasteiger partial charge in [-0.2, -0.15) is 0 Å². The Balaban J connectivity index is 4.09. The first-order valence-electron chi connectivity index (χ1n) is 2.79. The maximum Gasteiger partial charge on any atom is 0.336 e. The molecule has 0 amide bonds. The van der Waals surface area contributed by atoms with Gasteiger partial charge in [-0.15, -0.1) is 0 Å². The first kappa shape index (κ1) is 8.51. The van der Waals surface area contributed by atoms with Gasteiger partial charge >= 0.3 is 5.97 Å². The van der Waals surface area contributed by atoms with Crippen molar-refractivity contribution in [2.24, 2.45) is 0 Å². The second-order valence-electron chi connectivity index (χ2n) is 1.46. The van der Waals surface area contributed by atoms with Crippen molar-refractivity contribution in [3.05, 3.63) is 35.8 Å². The zero-order chi connectivity index (χ0) is 7.82. The van der Waals surface area contributed by atoms with E-state index in [0.29, 0.717) is 0 Å². The minimum absolute atomic E-state index is 0.903. The molecule has 0 aliphatic carbocycles. The van der Waals surface area contributed by atoms with Crippen LogP contribution in [0.25, 0.3) is 0 Å². The summed E-state index contributed by atoms with van der Waals surface area (Å²) in [5.41, 5.74) is 4.86. The second-order valence-corrected chi connectivity index (χ2v) is 1.46. The maximum absolute atomic E-state index is 9.84. The van der Waals surface area contributed by atoms with E-state index in [9.17, 15) is 4.79 Å². The van der Waals surface area contributed by atoms with Crippen LogP contribution in [0.4, 0.5) is 0 Å². The van der Waals surface area contributed by atoms with Crippen molar-refractivity contribution < 1.29 is 9.90 Å². The Labute approximate surface area is 59.5 Å². The zero-order valence-corrected chi connectivity index (χ0v) is 5.66. The topological polar surface area (TPSA) is 37.3 Å². The van der Waals surface area contributed by atoms with Gasteiger partial charge in [-0.25, -0.2) is 4.79 Å². The van der Waals surface area contributed by atoms with Gasteiger partial charge in [0.25, 0.3) is 0 Å². The van der Waals surface area contributed by atoms with Crippen molar-refractivity contribution in [3.63, 3.8) is 0 Å². The molecule has 52 valence electrons. The molecule has 0 unspecified atom stereocenters. The van der Waals surface area contributed by atoms with Crippen LogP contribution in [0, 0.1) is 0 Å². The van der Waals surface area contributed by atoms with Crippen LogP contribution < -0.4 is 0 Å². The standard InChI is InChI=1S/C8H8O2/c1-2-3-4-5-6-7-8(9)10/h2-4,7H,1H3,(H,9,10). The summed E-state index contributed by atoms with van der Waals surface area (Å²) in [5, 5.41) is 8.08. The summed E-state index contributed by atoms with van der Waals surface area (Å²) in [6.45, 7) is 1.86. The summed E-state index contributed by atoms with van der Waals surface area (Å²) in [5.74, 6) is -1.01. The first-order valence-corrected chi connectivity index (χ1v) is 2.79. The summed E-state index contributed by atoms with van der Waals surface area (Å²) >= 11 is 0. The summed E-state index contributed by atoms with van der Waals surface area (Å²) in [4.78, 5) is 9.84. The lowest BCUT2D eigenvalue weighted by Crippen LogP contribution is -1.82. The van der Waals surface area contributed by atoms with Crippen molar-refractivity contribution >= 4 is 5.97 Å². The third kappa shape index (κ3) is 6.51. The van der Waals surface area contributed by atoms with Crippen LogP contribution in [0.2, 0.25) is 0 Å². The Morgan fingerprint density at radius 3 is 2.70 bits per heavy atom. The Hall–Kier alpha value is -1.49. The quantitative estimate of drug-likeness (QED) is 0.355. The van der Waals surface area contributed by atoms with Crippen molar-refractivity contribution in [2.75, 3.05) is 0 Å². The summed E-state index contributed by atoms with van der Waals surface area (Å²) in [7, 11) is 0. The number of aliphatic carboxylic acids is 1. The summed E-state index contributed by atoms with van der Waals surface area (Å²) in [6, 6.07) is 0. The van der Waals surface area contributed by atoms with Gasteiger partial charge in [0.15, 0.2) is 0 Å². The fourth-order valence-electron chi connectivity index (χ4n) is 0.296. The van der Waals surface area contributed by atoms with E-state index in [0.717, 1.165) is 6.08 Å². The van der Waals surface area contributed by atoms with Crippen LogP contribution in [0.15, 0.2) is 35.8 Å². The molecule has 0 aromatic carbocycles. The van der Waals surface area contributed by atoms with E-state index in [1.165, 1.54) is 0 Å². The highest BCUT2D eigenvalue weighted by molar-refractivity contribution is 5.79. The average molecular weight is 136 g/mol. The summed E-state index contributed by atoms with van der Waals surface area (Å²) < 4.78 is 0. The number of hydrogen-bond acceptors (Lipinski definition) is 1. The number of carboxylic acids is 1. The smallest absolute Gasteiger partial charge is 0.336 e. The molecule has 10 heavy (non-hydrogen) atoms. The molecule has 0 bridgehead atoms. The molecule has 0 aliphatic heterocycles. The molecule has 0 rings (SSSR count). The van der Waals surface area contributed by atoms with Crippen LogP contribution in [0.1, 0.15) is 6.92 Å². The summed E-state index contributed by atoms with van der Waals surface area (Å²) in [6.07, 6.45) is 6.04. The minimum atomic E-state index is -1.01. The van der Waals surface area contributed by atoms with Gasteiger partial charge in [0.2, 0.25) is 0 Å². The van der Waals surface area contributed by atoms with E-state index in [1.54, 1.807) is 12.2 Å². The molecule has 0 saturated heterocycles. The van der Waals surface area contributed by atoms with E-state index < -0.39 is 5.97 Å². The second kappa shape index (κ2) is 5.64. The van der Waals surface area contributed by atoms with E-state index in [1.807, 2.05) is 13.0 Å². The minimum Gasteiger partial charge on any atom is -0.478 e. The molecule has 2 heteroatoms. The van der Waals surface area contributed by atoms with Crippen LogP contribution in [0.3, 0.4) is 0 Å². The molecule has 0 fully saturated rings. The number of carboxylic acid groups (broad SMARTS) is 1. The molecule has 1 N–H and O–H groups in total. The highest BCUT2D eigenvalue weighted by Crippen LogP contribution is 1.70. The van der Waals surface area contributed by atoms with Crippen LogP contribution in [-0.2, 0) is 4.79 Å². The first-order chi connectivity index (χ1) is 4.77. The Kier molecular flexibility index (Phi) is 4.80. The average Bonchev–Trinajstić information content (AvgIpc) is 1.87. The van der Waals surface area contributed by atoms with Gasteiger partial charge in [0.1, 0.15) is 0 Å². The number of allylic oxidation sites excluding steroid dienone is 3. The SMILES string of the molecule is CC=CC=C=C=CC(=O)O. The van der Waals surface area contributed by atoms with E-state index in [-0.39, 0.29) is 0 Å². The molecule has 0 saturated carbocycles. The molecule has 2 nitrogen and oxygen atoms in total. The normalized spacial score (nSPS) is 8.10. The zero-order valence-electron chi connectivity index (χ0n) is 5.66. The fourth-order valence-corrected chi connectivity index (χ4v) is 0.296. The van der Waals surface area contributed by atoms with Crippen molar-refractivity contribution in [2.45, 2.75) is 6.92 Å². The van der Waals surface area contributed by atoms with Crippen LogP contribution in [0.5, 0.6) is 0 Å². The molecule has 0 radical (unpaired) electrons. The number of hydrogen-bond donors (Lipinski definition) is 1. The van der Waals surface area contributed by atoms with Crippen molar-refractivity contribution in [3.8, 4) is 0 Å². The molecular weight excluding hydrogens is 128 g/mol. The molecule has 0 aliphatic rings. The Morgan fingerprint density at radius 1 is 1.50 bits per heavy atom. The van der Waals surface area contributed by atoms with Gasteiger partial charge < -0.3 is 5.11 Å². The van der Waals surface area contributed by atoms with Gasteiger partial charge in [-0.1, -0.05) is 23.6 Å². The van der Waals surface area contributed by atoms with E-state index in [4.69, 9.17) is 5.11 Å². The highest BCUT2D eigenvalue weighted by atomic mass is 16.4. The predicted molar refractivity (Wildman–Crippen MR) is 38.6 cm³/mol. The van der Waals surface area contributed by atoms with Crippen LogP contribution >= 0.6 is 0 Å². The highest BCUT2D eigenvalue weighted by Gasteiger charge is 1.77. The Bertz CT molecular complexity index is 224. The lowest BCUT2D eigenvalue weighted by molar-refractivity contribution is -0.131. The number of rotatable bonds is 2. The monoisotopic (exact) mass is 136 g/mol. The third-order valence-electron chi connectivity index (χ3n) is 0.651. The van der Waals surface area contributed by atoms with Crippen molar-refractivity contribution in [1.82, 2.24) is 0 Å². The maximum atomic E-state index is 9.84. The predicted octanol–water partition coefficient (Wildman–Crippen LogP) is 1.51. The lowest BCUT2D eigenvalue weighted by Gasteiger charge is -1.66.